The van der Waals surface area contributed by atoms with Crippen LogP contribution in [-0.4, -0.2) is 32.7 Å². The second-order valence-electron chi connectivity index (χ2n) is 6.65. The summed E-state index contributed by atoms with van der Waals surface area (Å²) >= 11 is 3.63. The molecule has 1 aromatic heterocycles. The van der Waals surface area contributed by atoms with Crippen molar-refractivity contribution in [3.05, 3.63) is 81.8 Å². The van der Waals surface area contributed by atoms with E-state index in [9.17, 15) is 0 Å². The Morgan fingerprint density at radius 2 is 1.79 bits per heavy atom. The molecule has 154 valence electrons. The molecule has 0 atom stereocenters. The first-order chi connectivity index (χ1) is 13.5. The fraction of sp³-hybridized carbons (Fsp3) is 0.286. The third-order valence-corrected chi connectivity index (χ3v) is 5.34. The van der Waals surface area contributed by atoms with E-state index in [0.717, 1.165) is 28.6 Å². The van der Waals surface area contributed by atoms with E-state index in [1.807, 2.05) is 55.9 Å². The summed E-state index contributed by atoms with van der Waals surface area (Å²) in [4.78, 5) is 6.95. The maximum atomic E-state index is 4.83. The van der Waals surface area contributed by atoms with Crippen molar-refractivity contribution in [3.63, 3.8) is 0 Å². The standard InChI is InChI=1S/C21H25BrN6.HI/c1-16-25-26-20(28(16)3)14-24-21(23-13-17-9-5-4-6-10-17)27(2)15-18-11-7-8-12-19(18)22;/h4-12H,13-15H2,1-3H3,(H,23,24);1H. The highest BCUT2D eigenvalue weighted by Crippen LogP contribution is 2.17. The van der Waals surface area contributed by atoms with Crippen molar-refractivity contribution in [2.75, 3.05) is 7.05 Å². The zero-order valence-corrected chi connectivity index (χ0v) is 20.8. The molecule has 0 aliphatic heterocycles. The van der Waals surface area contributed by atoms with Crippen molar-refractivity contribution in [1.29, 1.82) is 0 Å². The SMILES string of the molecule is Cc1nnc(CNC(=NCc2ccccc2)N(C)Cc2ccccc2Br)n1C.I. The van der Waals surface area contributed by atoms with Crippen LogP contribution in [0.1, 0.15) is 22.8 Å². The highest BCUT2D eigenvalue weighted by Gasteiger charge is 2.11. The highest BCUT2D eigenvalue weighted by atomic mass is 127. The van der Waals surface area contributed by atoms with E-state index in [4.69, 9.17) is 4.99 Å². The van der Waals surface area contributed by atoms with E-state index < -0.39 is 0 Å². The molecule has 3 aromatic rings. The van der Waals surface area contributed by atoms with Crippen molar-refractivity contribution in [3.8, 4) is 0 Å². The molecule has 1 N–H and O–H groups in total. The summed E-state index contributed by atoms with van der Waals surface area (Å²) in [5.74, 6) is 2.58. The van der Waals surface area contributed by atoms with Gasteiger partial charge < -0.3 is 14.8 Å². The predicted octanol–water partition coefficient (Wildman–Crippen LogP) is 4.28. The van der Waals surface area contributed by atoms with Crippen molar-refractivity contribution in [2.45, 2.75) is 26.6 Å². The number of aryl methyl sites for hydroxylation is 1. The Hall–Kier alpha value is -1.94. The molecular formula is C21H26BrIN6. The number of rotatable bonds is 6. The zero-order chi connectivity index (χ0) is 19.9. The van der Waals surface area contributed by atoms with Gasteiger partial charge in [0.15, 0.2) is 11.8 Å². The van der Waals surface area contributed by atoms with Gasteiger partial charge in [0, 0.05) is 25.1 Å². The number of hydrogen-bond donors (Lipinski definition) is 1. The minimum atomic E-state index is 0. The Labute approximate surface area is 197 Å². The minimum absolute atomic E-state index is 0. The van der Waals surface area contributed by atoms with Gasteiger partial charge in [0.05, 0.1) is 13.1 Å². The molecule has 29 heavy (non-hydrogen) atoms. The van der Waals surface area contributed by atoms with Gasteiger partial charge in [-0.2, -0.15) is 0 Å². The predicted molar refractivity (Wildman–Crippen MR) is 131 cm³/mol. The molecule has 1 heterocycles. The van der Waals surface area contributed by atoms with E-state index in [1.165, 1.54) is 11.1 Å². The quantitative estimate of drug-likeness (QED) is 0.274. The smallest absolute Gasteiger partial charge is 0.194 e. The van der Waals surface area contributed by atoms with E-state index in [2.05, 4.69) is 60.6 Å². The fourth-order valence-electron chi connectivity index (χ4n) is 2.78. The Morgan fingerprint density at radius 3 is 2.45 bits per heavy atom. The minimum Gasteiger partial charge on any atom is -0.349 e. The largest absolute Gasteiger partial charge is 0.349 e. The van der Waals surface area contributed by atoms with Crippen LogP contribution in [-0.2, 0) is 26.7 Å². The van der Waals surface area contributed by atoms with Crippen LogP contribution < -0.4 is 5.32 Å². The summed E-state index contributed by atoms with van der Waals surface area (Å²) in [7, 11) is 4.01. The topological polar surface area (TPSA) is 58.3 Å². The molecule has 6 nitrogen and oxygen atoms in total. The molecule has 0 aliphatic rings. The van der Waals surface area contributed by atoms with Crippen LogP contribution in [0.2, 0.25) is 0 Å². The normalized spacial score (nSPS) is 11.1. The van der Waals surface area contributed by atoms with Crippen molar-refractivity contribution < 1.29 is 0 Å². The first-order valence-electron chi connectivity index (χ1n) is 9.16. The van der Waals surface area contributed by atoms with Gasteiger partial charge in [0.25, 0.3) is 0 Å². The molecule has 0 saturated carbocycles. The van der Waals surface area contributed by atoms with E-state index in [-0.39, 0.29) is 24.0 Å². The summed E-state index contributed by atoms with van der Waals surface area (Å²) in [5.41, 5.74) is 2.37. The van der Waals surface area contributed by atoms with Crippen LogP contribution in [0, 0.1) is 6.92 Å². The second kappa shape index (κ2) is 11.3. The molecule has 2 aromatic carbocycles. The van der Waals surface area contributed by atoms with Gasteiger partial charge >= 0.3 is 0 Å². The number of aliphatic imine (C=N–C) groups is 1. The van der Waals surface area contributed by atoms with Crippen molar-refractivity contribution in [2.24, 2.45) is 12.0 Å². The maximum Gasteiger partial charge on any atom is 0.194 e. The molecule has 0 radical (unpaired) electrons. The average Bonchev–Trinajstić information content (AvgIpc) is 3.02. The fourth-order valence-corrected chi connectivity index (χ4v) is 3.19. The zero-order valence-electron chi connectivity index (χ0n) is 16.8. The molecular weight excluding hydrogens is 543 g/mol. The van der Waals surface area contributed by atoms with Gasteiger partial charge in [-0.05, 0) is 24.1 Å². The lowest BCUT2D eigenvalue weighted by Crippen LogP contribution is -2.38. The highest BCUT2D eigenvalue weighted by molar-refractivity contribution is 14.0. The monoisotopic (exact) mass is 568 g/mol. The third kappa shape index (κ3) is 6.53. The summed E-state index contributed by atoms with van der Waals surface area (Å²) in [6, 6.07) is 18.5. The van der Waals surface area contributed by atoms with Crippen molar-refractivity contribution >= 4 is 45.9 Å². The van der Waals surface area contributed by atoms with Crippen molar-refractivity contribution in [1.82, 2.24) is 25.0 Å². The molecule has 8 heteroatoms. The summed E-state index contributed by atoms with van der Waals surface area (Å²) in [6.45, 7) is 3.85. The first kappa shape index (κ1) is 23.3. The lowest BCUT2D eigenvalue weighted by molar-refractivity contribution is 0.471. The number of halogens is 2. The molecule has 0 saturated heterocycles. The number of hydrogen-bond acceptors (Lipinski definition) is 3. The Bertz CT molecular complexity index is 941. The summed E-state index contributed by atoms with van der Waals surface area (Å²) < 4.78 is 3.07. The van der Waals surface area contributed by atoms with Gasteiger partial charge in [-0.15, -0.1) is 34.2 Å². The molecule has 0 amide bonds. The van der Waals surface area contributed by atoms with Gasteiger partial charge in [0.1, 0.15) is 5.82 Å². The second-order valence-corrected chi connectivity index (χ2v) is 7.50. The lowest BCUT2D eigenvalue weighted by Gasteiger charge is -2.23. The molecule has 0 unspecified atom stereocenters. The van der Waals surface area contributed by atoms with Crippen LogP contribution >= 0.6 is 39.9 Å². The van der Waals surface area contributed by atoms with E-state index in [1.54, 1.807) is 0 Å². The molecule has 0 spiro atoms. The Kier molecular flexibility index (Phi) is 9.09. The van der Waals surface area contributed by atoms with E-state index in [0.29, 0.717) is 13.1 Å². The summed E-state index contributed by atoms with van der Waals surface area (Å²) in [6.07, 6.45) is 0. The number of nitrogens with one attached hydrogen (secondary N) is 1. The Balaban J connectivity index is 0.00000300. The average molecular weight is 569 g/mol. The molecule has 0 aliphatic carbocycles. The lowest BCUT2D eigenvalue weighted by atomic mass is 10.2. The third-order valence-electron chi connectivity index (χ3n) is 4.57. The van der Waals surface area contributed by atoms with Crippen LogP contribution in [0.4, 0.5) is 0 Å². The van der Waals surface area contributed by atoms with Gasteiger partial charge in [-0.3, -0.25) is 0 Å². The molecule has 3 rings (SSSR count). The van der Waals surface area contributed by atoms with Gasteiger partial charge in [-0.1, -0.05) is 64.5 Å². The van der Waals surface area contributed by atoms with Crippen LogP contribution in [0.25, 0.3) is 0 Å². The van der Waals surface area contributed by atoms with Crippen LogP contribution in [0.3, 0.4) is 0 Å². The van der Waals surface area contributed by atoms with E-state index >= 15 is 0 Å². The molecule has 0 fully saturated rings. The Morgan fingerprint density at radius 1 is 1.10 bits per heavy atom. The van der Waals surface area contributed by atoms with Crippen LogP contribution in [0.15, 0.2) is 64.1 Å². The van der Waals surface area contributed by atoms with Gasteiger partial charge in [0.2, 0.25) is 0 Å². The van der Waals surface area contributed by atoms with Crippen LogP contribution in [0.5, 0.6) is 0 Å². The number of nitrogens with zero attached hydrogens (tertiary/aromatic N) is 5. The summed E-state index contributed by atoms with van der Waals surface area (Å²) in [5, 5.41) is 11.8. The molecule has 0 bridgehead atoms. The number of guanidine groups is 1. The number of benzene rings is 2. The first-order valence-corrected chi connectivity index (χ1v) is 9.95. The number of aromatic nitrogens is 3. The maximum absolute atomic E-state index is 4.83. The van der Waals surface area contributed by atoms with Gasteiger partial charge in [-0.25, -0.2) is 4.99 Å².